The number of unbranched alkanes of at least 4 members (excludes halogenated alkanes) is 34. The first-order valence-electron chi connectivity index (χ1n) is 22.2. The van der Waals surface area contributed by atoms with Gasteiger partial charge in [0.1, 0.15) is 0 Å². The van der Waals surface area contributed by atoms with E-state index in [2.05, 4.69) is 0 Å². The van der Waals surface area contributed by atoms with Crippen LogP contribution in [-0.4, -0.2) is 34.5 Å². The summed E-state index contributed by atoms with van der Waals surface area (Å²) in [5.74, 6) is 0.843. The van der Waals surface area contributed by atoms with E-state index < -0.39 is 8.80 Å². The van der Waals surface area contributed by atoms with E-state index in [1.165, 1.54) is 225 Å². The summed E-state index contributed by atoms with van der Waals surface area (Å²) < 4.78 is 17.9. The molecule has 290 valence electrons. The molecular weight excluding hydrogens is 628 g/mol. The fourth-order valence-electron chi connectivity index (χ4n) is 7.27. The lowest BCUT2D eigenvalue weighted by Crippen LogP contribution is -2.45. The highest BCUT2D eigenvalue weighted by Crippen LogP contribution is 2.21. The van der Waals surface area contributed by atoms with Gasteiger partial charge in [0, 0.05) is 31.7 Å². The van der Waals surface area contributed by atoms with Gasteiger partial charge in [-0.1, -0.05) is 212 Å². The predicted molar refractivity (Wildman–Crippen MR) is 218 cm³/mol. The van der Waals surface area contributed by atoms with Crippen LogP contribution in [0.15, 0.2) is 0 Å². The third-order valence-corrected chi connectivity index (χ3v) is 13.6. The summed E-state index contributed by atoms with van der Waals surface area (Å²) in [5, 5.41) is 0. The molecule has 0 atom stereocenters. The second kappa shape index (κ2) is 41.8. The zero-order valence-electron chi connectivity index (χ0n) is 33.4. The van der Waals surface area contributed by atoms with E-state index in [0.29, 0.717) is 19.8 Å². The van der Waals surface area contributed by atoms with Gasteiger partial charge in [0.25, 0.3) is 0 Å². The summed E-state index contributed by atoms with van der Waals surface area (Å²) >= 11 is 5.74. The Balaban J connectivity index is 3.21. The van der Waals surface area contributed by atoms with Crippen molar-refractivity contribution in [3.8, 4) is 0 Å². The Bertz CT molecular complexity index is 561. The van der Waals surface area contributed by atoms with Crippen molar-refractivity contribution in [3.63, 3.8) is 0 Å². The summed E-state index contributed by atoms with van der Waals surface area (Å²) in [6, 6.07) is 0.973. The molecule has 0 aromatic rings. The molecule has 0 saturated heterocycles. The van der Waals surface area contributed by atoms with Crippen LogP contribution in [0.3, 0.4) is 0 Å². The van der Waals surface area contributed by atoms with E-state index in [-0.39, 0.29) is 0 Å². The van der Waals surface area contributed by atoms with E-state index in [0.717, 1.165) is 11.9 Å². The molecule has 0 fully saturated rings. The largest absolute Gasteiger partial charge is 0.500 e. The summed E-state index contributed by atoms with van der Waals surface area (Å²) in [6.45, 7) is 8.19. The standard InChI is InChI=1S/C43H89ClO3Si/c1-4-45-48(46-5-2,47-6-3)43-41-39-37-35-33-31-29-27-25-23-21-19-17-15-13-11-9-7-8-10-12-14-16-18-20-22-24-26-28-30-32-34-36-38-40-42-44/h4-43H2,1-3H3. The van der Waals surface area contributed by atoms with E-state index in [4.69, 9.17) is 24.9 Å². The van der Waals surface area contributed by atoms with Gasteiger partial charge in [-0.2, -0.15) is 0 Å². The first-order chi connectivity index (χ1) is 23.7. The van der Waals surface area contributed by atoms with Gasteiger partial charge in [-0.15, -0.1) is 11.6 Å². The van der Waals surface area contributed by atoms with Crippen LogP contribution < -0.4 is 0 Å². The van der Waals surface area contributed by atoms with Gasteiger partial charge in [-0.25, -0.2) is 0 Å². The monoisotopic (exact) mass is 717 g/mol. The number of rotatable bonds is 43. The van der Waals surface area contributed by atoms with Crippen LogP contribution in [0.5, 0.6) is 0 Å². The molecule has 0 aliphatic carbocycles. The molecule has 0 N–H and O–H groups in total. The molecule has 48 heavy (non-hydrogen) atoms. The van der Waals surface area contributed by atoms with E-state index in [9.17, 15) is 0 Å². The average Bonchev–Trinajstić information content (AvgIpc) is 3.08. The van der Waals surface area contributed by atoms with Crippen LogP contribution >= 0.6 is 11.6 Å². The quantitative estimate of drug-likeness (QED) is 0.0357. The van der Waals surface area contributed by atoms with E-state index in [1.807, 2.05) is 20.8 Å². The molecule has 5 heteroatoms. The average molecular weight is 718 g/mol. The molecule has 0 spiro atoms. The Kier molecular flexibility index (Phi) is 42.1. The normalized spacial score (nSPS) is 12.0. The Morgan fingerprint density at radius 1 is 0.271 bits per heavy atom. The van der Waals surface area contributed by atoms with Gasteiger partial charge in [0.2, 0.25) is 0 Å². The first-order valence-corrected chi connectivity index (χ1v) is 24.7. The molecule has 0 heterocycles. The number of alkyl halides is 1. The van der Waals surface area contributed by atoms with E-state index in [1.54, 1.807) is 0 Å². The molecule has 0 aliphatic heterocycles. The summed E-state index contributed by atoms with van der Waals surface area (Å²) in [5.41, 5.74) is 0. The van der Waals surface area contributed by atoms with Crippen molar-refractivity contribution in [3.05, 3.63) is 0 Å². The molecule has 0 rings (SSSR count). The van der Waals surface area contributed by atoms with Crippen LogP contribution in [0.4, 0.5) is 0 Å². The lowest BCUT2D eigenvalue weighted by Gasteiger charge is -2.28. The lowest BCUT2D eigenvalue weighted by molar-refractivity contribution is 0.0706. The van der Waals surface area contributed by atoms with Crippen molar-refractivity contribution in [2.45, 2.75) is 252 Å². The number of hydrogen-bond acceptors (Lipinski definition) is 3. The molecule has 0 radical (unpaired) electrons. The fourth-order valence-corrected chi connectivity index (χ4v) is 10.1. The van der Waals surface area contributed by atoms with E-state index >= 15 is 0 Å². The van der Waals surface area contributed by atoms with Crippen LogP contribution in [-0.2, 0) is 13.3 Å². The zero-order valence-corrected chi connectivity index (χ0v) is 35.1. The first kappa shape index (κ1) is 48.4. The van der Waals surface area contributed by atoms with Gasteiger partial charge in [-0.05, 0) is 33.6 Å². The Morgan fingerprint density at radius 2 is 0.438 bits per heavy atom. The van der Waals surface area contributed by atoms with Crippen molar-refractivity contribution in [2.24, 2.45) is 0 Å². The van der Waals surface area contributed by atoms with Crippen LogP contribution in [0.2, 0.25) is 6.04 Å². The van der Waals surface area contributed by atoms with Gasteiger partial charge in [0.05, 0.1) is 0 Å². The van der Waals surface area contributed by atoms with Gasteiger partial charge >= 0.3 is 8.80 Å². The Hall–Kier alpha value is 0.387. The van der Waals surface area contributed by atoms with Crippen molar-refractivity contribution in [1.82, 2.24) is 0 Å². The molecule has 0 bridgehead atoms. The highest BCUT2D eigenvalue weighted by atomic mass is 35.5. The third-order valence-electron chi connectivity index (χ3n) is 10.2. The Morgan fingerprint density at radius 3 is 0.604 bits per heavy atom. The lowest BCUT2D eigenvalue weighted by atomic mass is 10.0. The second-order valence-electron chi connectivity index (χ2n) is 14.8. The summed E-state index contributed by atoms with van der Waals surface area (Å²) in [6.07, 6.45) is 50.1. The molecule has 0 aromatic heterocycles. The van der Waals surface area contributed by atoms with Crippen molar-refractivity contribution in [1.29, 1.82) is 0 Å². The molecule has 0 aromatic carbocycles. The smallest absolute Gasteiger partial charge is 0.374 e. The molecule has 0 aliphatic rings. The van der Waals surface area contributed by atoms with Crippen molar-refractivity contribution in [2.75, 3.05) is 25.7 Å². The topological polar surface area (TPSA) is 27.7 Å². The maximum absolute atomic E-state index is 5.98. The third kappa shape index (κ3) is 36.2. The van der Waals surface area contributed by atoms with Gasteiger partial charge < -0.3 is 13.3 Å². The van der Waals surface area contributed by atoms with Crippen molar-refractivity contribution < 1.29 is 13.3 Å². The predicted octanol–water partition coefficient (Wildman–Crippen LogP) is 15.9. The number of halogens is 1. The maximum atomic E-state index is 5.98. The highest BCUT2D eigenvalue weighted by Gasteiger charge is 2.39. The minimum atomic E-state index is -2.42. The number of hydrogen-bond donors (Lipinski definition) is 0. The summed E-state index contributed by atoms with van der Waals surface area (Å²) in [4.78, 5) is 0. The second-order valence-corrected chi connectivity index (χ2v) is 17.9. The van der Waals surface area contributed by atoms with Crippen LogP contribution in [0.1, 0.15) is 245 Å². The molecule has 0 amide bonds. The molecule has 3 nitrogen and oxygen atoms in total. The molecular formula is C43H89ClO3Si. The van der Waals surface area contributed by atoms with Gasteiger partial charge in [0.15, 0.2) is 0 Å². The summed E-state index contributed by atoms with van der Waals surface area (Å²) in [7, 11) is -2.42. The highest BCUT2D eigenvalue weighted by molar-refractivity contribution is 6.60. The van der Waals surface area contributed by atoms with Crippen molar-refractivity contribution >= 4 is 20.4 Å². The van der Waals surface area contributed by atoms with Crippen LogP contribution in [0, 0.1) is 0 Å². The maximum Gasteiger partial charge on any atom is 0.500 e. The molecule has 0 saturated carbocycles. The minimum Gasteiger partial charge on any atom is -0.374 e. The molecule has 0 unspecified atom stereocenters. The minimum absolute atomic E-state index is 0.685. The van der Waals surface area contributed by atoms with Gasteiger partial charge in [-0.3, -0.25) is 0 Å². The fraction of sp³-hybridized carbons (Fsp3) is 1.00. The SMILES string of the molecule is CCO[Si](CCCCCCCCCCCCCCCCCCCCCCCCCCCCCCCCCCCCCCl)(OCC)OCC. The zero-order chi connectivity index (χ0) is 34.9. The Labute approximate surface area is 309 Å². The van der Waals surface area contributed by atoms with Crippen LogP contribution in [0.25, 0.3) is 0 Å².